The van der Waals surface area contributed by atoms with Crippen LogP contribution in [0.25, 0.3) is 0 Å². The second kappa shape index (κ2) is 11.0. The Hall–Kier alpha value is -1.70. The standard InChI is InChI=1S/C18H25N3O2.HI/c1-4-22-17-9-7-15(8-10-17)14-21(3)18(19-2)20-12-11-16-6-5-13-23-16;/h5-10,13H,4,11-12,14H2,1-3H3,(H,19,20);1H. The van der Waals surface area contributed by atoms with E-state index in [0.29, 0.717) is 6.61 Å². The molecule has 0 bridgehead atoms. The summed E-state index contributed by atoms with van der Waals surface area (Å²) in [6.07, 6.45) is 2.53. The fraction of sp³-hybridized carbons (Fsp3) is 0.389. The Morgan fingerprint density at radius 1 is 1.25 bits per heavy atom. The molecule has 0 aliphatic heterocycles. The number of furan rings is 1. The first-order chi connectivity index (χ1) is 11.2. The van der Waals surface area contributed by atoms with E-state index in [1.54, 1.807) is 13.3 Å². The largest absolute Gasteiger partial charge is 0.494 e. The third-order valence-corrected chi connectivity index (χ3v) is 3.46. The molecule has 1 heterocycles. The minimum absolute atomic E-state index is 0. The van der Waals surface area contributed by atoms with E-state index < -0.39 is 0 Å². The minimum Gasteiger partial charge on any atom is -0.494 e. The molecule has 1 aromatic carbocycles. The van der Waals surface area contributed by atoms with Gasteiger partial charge in [0, 0.05) is 33.6 Å². The van der Waals surface area contributed by atoms with Crippen molar-refractivity contribution in [2.45, 2.75) is 19.9 Å². The lowest BCUT2D eigenvalue weighted by molar-refractivity contribution is 0.340. The highest BCUT2D eigenvalue weighted by molar-refractivity contribution is 14.0. The summed E-state index contributed by atoms with van der Waals surface area (Å²) in [7, 11) is 3.82. The topological polar surface area (TPSA) is 50.0 Å². The molecule has 2 aromatic rings. The Balaban J connectivity index is 0.00000288. The fourth-order valence-corrected chi connectivity index (χ4v) is 2.34. The Labute approximate surface area is 161 Å². The molecule has 0 amide bonds. The summed E-state index contributed by atoms with van der Waals surface area (Å²) in [6, 6.07) is 12.0. The van der Waals surface area contributed by atoms with Crippen molar-refractivity contribution >= 4 is 29.9 Å². The number of nitrogens with zero attached hydrogens (tertiary/aromatic N) is 2. The van der Waals surface area contributed by atoms with Gasteiger partial charge in [-0.1, -0.05) is 12.1 Å². The number of ether oxygens (including phenoxy) is 1. The lowest BCUT2D eigenvalue weighted by atomic mass is 10.2. The second-order valence-corrected chi connectivity index (χ2v) is 5.24. The van der Waals surface area contributed by atoms with Gasteiger partial charge < -0.3 is 19.4 Å². The molecule has 132 valence electrons. The number of rotatable bonds is 7. The van der Waals surface area contributed by atoms with Crippen molar-refractivity contribution in [1.29, 1.82) is 0 Å². The van der Waals surface area contributed by atoms with Crippen LogP contribution in [0.15, 0.2) is 52.1 Å². The van der Waals surface area contributed by atoms with Gasteiger partial charge >= 0.3 is 0 Å². The van der Waals surface area contributed by atoms with Crippen LogP contribution >= 0.6 is 24.0 Å². The van der Waals surface area contributed by atoms with Crippen molar-refractivity contribution in [2.75, 3.05) is 27.2 Å². The zero-order valence-corrected chi connectivity index (χ0v) is 16.8. The quantitative estimate of drug-likeness (QED) is 0.404. The van der Waals surface area contributed by atoms with E-state index in [0.717, 1.165) is 37.0 Å². The first-order valence-corrected chi connectivity index (χ1v) is 7.88. The molecule has 1 aromatic heterocycles. The van der Waals surface area contributed by atoms with Crippen LogP contribution in [0.3, 0.4) is 0 Å². The van der Waals surface area contributed by atoms with Crippen molar-refractivity contribution in [3.05, 3.63) is 54.0 Å². The highest BCUT2D eigenvalue weighted by Crippen LogP contribution is 2.13. The average molecular weight is 443 g/mol. The van der Waals surface area contributed by atoms with E-state index in [4.69, 9.17) is 9.15 Å². The number of hydrogen-bond donors (Lipinski definition) is 1. The second-order valence-electron chi connectivity index (χ2n) is 5.24. The molecule has 5 nitrogen and oxygen atoms in total. The fourth-order valence-electron chi connectivity index (χ4n) is 2.34. The van der Waals surface area contributed by atoms with Gasteiger partial charge in [-0.25, -0.2) is 0 Å². The van der Waals surface area contributed by atoms with Crippen LogP contribution in [-0.4, -0.2) is 38.1 Å². The van der Waals surface area contributed by atoms with Crippen LogP contribution in [-0.2, 0) is 13.0 Å². The highest BCUT2D eigenvalue weighted by Gasteiger charge is 2.07. The lowest BCUT2D eigenvalue weighted by Gasteiger charge is -2.22. The Kier molecular flexibility index (Phi) is 9.29. The van der Waals surface area contributed by atoms with E-state index >= 15 is 0 Å². The van der Waals surface area contributed by atoms with Crippen LogP contribution in [0.2, 0.25) is 0 Å². The third kappa shape index (κ3) is 6.43. The first-order valence-electron chi connectivity index (χ1n) is 7.88. The number of guanidine groups is 1. The molecule has 0 aliphatic carbocycles. The van der Waals surface area contributed by atoms with Crippen LogP contribution in [0, 0.1) is 0 Å². The summed E-state index contributed by atoms with van der Waals surface area (Å²) < 4.78 is 10.8. The Morgan fingerprint density at radius 2 is 2.00 bits per heavy atom. The summed E-state index contributed by atoms with van der Waals surface area (Å²) in [6.45, 7) is 4.24. The van der Waals surface area contributed by atoms with Gasteiger partial charge in [0.1, 0.15) is 11.5 Å². The summed E-state index contributed by atoms with van der Waals surface area (Å²) >= 11 is 0. The highest BCUT2D eigenvalue weighted by atomic mass is 127. The van der Waals surface area contributed by atoms with Gasteiger partial charge in [-0.15, -0.1) is 24.0 Å². The molecular formula is C18H26IN3O2. The number of benzene rings is 1. The number of halogens is 1. The SMILES string of the molecule is CCOc1ccc(CN(C)C(=NC)NCCc2ccco2)cc1.I. The van der Waals surface area contributed by atoms with Gasteiger partial charge in [0.2, 0.25) is 0 Å². The molecule has 0 saturated heterocycles. The molecule has 0 spiro atoms. The predicted molar refractivity (Wildman–Crippen MR) is 108 cm³/mol. The van der Waals surface area contributed by atoms with Crippen LogP contribution in [0.5, 0.6) is 5.75 Å². The summed E-state index contributed by atoms with van der Waals surface area (Å²) in [5, 5.41) is 3.35. The van der Waals surface area contributed by atoms with Gasteiger partial charge in [0.15, 0.2) is 5.96 Å². The van der Waals surface area contributed by atoms with Gasteiger partial charge in [0.05, 0.1) is 12.9 Å². The Bertz CT molecular complexity index is 597. The van der Waals surface area contributed by atoms with Crippen LogP contribution in [0.4, 0.5) is 0 Å². The van der Waals surface area contributed by atoms with E-state index in [9.17, 15) is 0 Å². The van der Waals surface area contributed by atoms with Crippen LogP contribution in [0.1, 0.15) is 18.2 Å². The zero-order chi connectivity index (χ0) is 16.5. The number of aliphatic imine (C=N–C) groups is 1. The molecular weight excluding hydrogens is 417 g/mol. The molecule has 24 heavy (non-hydrogen) atoms. The number of hydrogen-bond acceptors (Lipinski definition) is 3. The van der Waals surface area contributed by atoms with E-state index in [1.807, 2.05) is 38.2 Å². The van der Waals surface area contributed by atoms with E-state index in [1.165, 1.54) is 5.56 Å². The van der Waals surface area contributed by atoms with Crippen molar-refractivity contribution in [1.82, 2.24) is 10.2 Å². The molecule has 0 fully saturated rings. The van der Waals surface area contributed by atoms with E-state index in [2.05, 4.69) is 27.3 Å². The van der Waals surface area contributed by atoms with Gasteiger partial charge in [-0.05, 0) is 36.8 Å². The summed E-state index contributed by atoms with van der Waals surface area (Å²) in [5.74, 6) is 2.74. The minimum atomic E-state index is 0. The lowest BCUT2D eigenvalue weighted by Crippen LogP contribution is -2.39. The summed E-state index contributed by atoms with van der Waals surface area (Å²) in [4.78, 5) is 6.42. The molecule has 0 aliphatic rings. The molecule has 2 rings (SSSR count). The maximum Gasteiger partial charge on any atom is 0.193 e. The summed E-state index contributed by atoms with van der Waals surface area (Å²) in [5.41, 5.74) is 1.21. The van der Waals surface area contributed by atoms with E-state index in [-0.39, 0.29) is 24.0 Å². The molecule has 6 heteroatoms. The molecule has 0 saturated carbocycles. The van der Waals surface area contributed by atoms with Crippen molar-refractivity contribution < 1.29 is 9.15 Å². The maximum atomic E-state index is 5.46. The normalized spacial score (nSPS) is 10.9. The molecule has 0 atom stereocenters. The monoisotopic (exact) mass is 443 g/mol. The number of nitrogens with one attached hydrogen (secondary N) is 1. The smallest absolute Gasteiger partial charge is 0.193 e. The Morgan fingerprint density at radius 3 is 2.58 bits per heavy atom. The van der Waals surface area contributed by atoms with Crippen molar-refractivity contribution in [3.63, 3.8) is 0 Å². The van der Waals surface area contributed by atoms with Gasteiger partial charge in [-0.2, -0.15) is 0 Å². The molecule has 0 unspecified atom stereocenters. The van der Waals surface area contributed by atoms with Crippen LogP contribution < -0.4 is 10.1 Å². The predicted octanol–water partition coefficient (Wildman–Crippen LogP) is 3.55. The average Bonchev–Trinajstić information content (AvgIpc) is 3.07. The molecule has 1 N–H and O–H groups in total. The zero-order valence-electron chi connectivity index (χ0n) is 14.5. The third-order valence-electron chi connectivity index (χ3n) is 3.46. The molecule has 0 radical (unpaired) electrons. The maximum absolute atomic E-state index is 5.46. The first kappa shape index (κ1) is 20.3. The van der Waals surface area contributed by atoms with Gasteiger partial charge in [0.25, 0.3) is 0 Å². The van der Waals surface area contributed by atoms with Crippen molar-refractivity contribution in [2.24, 2.45) is 4.99 Å². The van der Waals surface area contributed by atoms with Crippen molar-refractivity contribution in [3.8, 4) is 5.75 Å². The van der Waals surface area contributed by atoms with Gasteiger partial charge in [-0.3, -0.25) is 4.99 Å².